The Labute approximate surface area is 111 Å². The predicted molar refractivity (Wildman–Crippen MR) is 76.9 cm³/mol. The van der Waals surface area contributed by atoms with E-state index in [0.29, 0.717) is 6.04 Å². The number of nitrogens with zero attached hydrogens (tertiary/aromatic N) is 2. The van der Waals surface area contributed by atoms with Gasteiger partial charge < -0.3 is 10.2 Å². The average molecular weight is 247 g/mol. The second-order valence-corrected chi connectivity index (χ2v) is 5.32. The van der Waals surface area contributed by atoms with Crippen LogP contribution in [0.1, 0.15) is 44.7 Å². The fraction of sp³-hybridized carbons (Fsp3) is 0.667. The Morgan fingerprint density at radius 3 is 2.89 bits per heavy atom. The highest BCUT2D eigenvalue weighted by Gasteiger charge is 2.26. The maximum atomic E-state index is 4.63. The maximum absolute atomic E-state index is 4.63. The van der Waals surface area contributed by atoms with Crippen LogP contribution in [0.15, 0.2) is 18.3 Å². The van der Waals surface area contributed by atoms with Gasteiger partial charge in [-0.3, -0.25) is 0 Å². The molecule has 1 aliphatic carbocycles. The number of hydrogen-bond donors (Lipinski definition) is 1. The second kappa shape index (κ2) is 6.19. The van der Waals surface area contributed by atoms with Crippen molar-refractivity contribution in [1.82, 2.24) is 10.3 Å². The number of hydrogen-bond acceptors (Lipinski definition) is 3. The Hall–Kier alpha value is -1.09. The van der Waals surface area contributed by atoms with E-state index >= 15 is 0 Å². The Kier molecular flexibility index (Phi) is 4.59. The summed E-state index contributed by atoms with van der Waals surface area (Å²) in [6.07, 6.45) is 5.88. The largest absolute Gasteiger partial charge is 0.356 e. The average Bonchev–Trinajstić information content (AvgIpc) is 3.21. The molecular weight excluding hydrogens is 222 g/mol. The molecular formula is C15H25N3. The minimum Gasteiger partial charge on any atom is -0.356 e. The lowest BCUT2D eigenvalue weighted by Crippen LogP contribution is -2.29. The minimum atomic E-state index is 0.354. The van der Waals surface area contributed by atoms with Gasteiger partial charge in [0.1, 0.15) is 5.82 Å². The van der Waals surface area contributed by atoms with E-state index in [-0.39, 0.29) is 0 Å². The molecule has 0 saturated heterocycles. The monoisotopic (exact) mass is 247 g/mol. The molecule has 0 aliphatic heterocycles. The van der Waals surface area contributed by atoms with Gasteiger partial charge in [-0.25, -0.2) is 4.98 Å². The van der Waals surface area contributed by atoms with Gasteiger partial charge in [0.05, 0.1) is 0 Å². The first-order valence-corrected chi connectivity index (χ1v) is 7.13. The zero-order valence-electron chi connectivity index (χ0n) is 11.8. The molecule has 1 aromatic rings. The van der Waals surface area contributed by atoms with Crippen LogP contribution in [0.25, 0.3) is 0 Å². The number of rotatable bonds is 7. The van der Waals surface area contributed by atoms with E-state index in [4.69, 9.17) is 0 Å². The second-order valence-electron chi connectivity index (χ2n) is 5.32. The Bertz CT molecular complexity index is 374. The van der Waals surface area contributed by atoms with E-state index in [9.17, 15) is 0 Å². The fourth-order valence-corrected chi connectivity index (χ4v) is 2.33. The lowest BCUT2D eigenvalue weighted by Gasteiger charge is -2.27. The van der Waals surface area contributed by atoms with Crippen LogP contribution >= 0.6 is 0 Å². The summed E-state index contributed by atoms with van der Waals surface area (Å²) in [6, 6.07) is 4.58. The molecule has 2 rings (SSSR count). The van der Waals surface area contributed by atoms with Gasteiger partial charge in [0, 0.05) is 30.9 Å². The summed E-state index contributed by atoms with van der Waals surface area (Å²) in [7, 11) is 2.01. The third kappa shape index (κ3) is 3.22. The molecule has 100 valence electrons. The molecule has 0 spiro atoms. The van der Waals surface area contributed by atoms with E-state index in [0.717, 1.165) is 12.5 Å². The Morgan fingerprint density at radius 2 is 2.28 bits per heavy atom. The first-order valence-electron chi connectivity index (χ1n) is 7.13. The van der Waals surface area contributed by atoms with Crippen LogP contribution < -0.4 is 10.2 Å². The van der Waals surface area contributed by atoms with E-state index in [1.54, 1.807) is 0 Å². The van der Waals surface area contributed by atoms with Crippen LogP contribution in [0.4, 0.5) is 5.82 Å². The van der Waals surface area contributed by atoms with Crippen LogP contribution in [0.2, 0.25) is 0 Å². The zero-order valence-corrected chi connectivity index (χ0v) is 11.8. The maximum Gasteiger partial charge on any atom is 0.133 e. The zero-order chi connectivity index (χ0) is 13.0. The van der Waals surface area contributed by atoms with Crippen molar-refractivity contribution in [3.05, 3.63) is 23.9 Å². The smallest absolute Gasteiger partial charge is 0.133 e. The number of aromatic nitrogens is 1. The van der Waals surface area contributed by atoms with Gasteiger partial charge in [0.2, 0.25) is 0 Å². The molecule has 1 N–H and O–H groups in total. The van der Waals surface area contributed by atoms with E-state index in [1.165, 1.54) is 37.2 Å². The molecule has 1 heterocycles. The third-order valence-corrected chi connectivity index (χ3v) is 3.68. The predicted octanol–water partition coefficient (Wildman–Crippen LogP) is 2.99. The molecule has 3 heteroatoms. The third-order valence-electron chi connectivity index (χ3n) is 3.68. The van der Waals surface area contributed by atoms with Crippen LogP contribution in [-0.4, -0.2) is 25.1 Å². The SMILES string of the molecule is CCCN(CC1CC1)c1ncccc1C(C)NC. The fourth-order valence-electron chi connectivity index (χ4n) is 2.33. The molecule has 1 unspecified atom stereocenters. The van der Waals surface area contributed by atoms with Crippen molar-refractivity contribution in [2.45, 2.75) is 39.2 Å². The molecule has 0 aromatic carbocycles. The molecule has 0 radical (unpaired) electrons. The van der Waals surface area contributed by atoms with Crippen molar-refractivity contribution >= 4 is 5.82 Å². The standard InChI is InChI=1S/C15H25N3/c1-4-10-18(11-13-7-8-13)15-14(12(2)16-3)6-5-9-17-15/h5-6,9,12-13,16H,4,7-8,10-11H2,1-3H3. The summed E-state index contributed by atoms with van der Waals surface area (Å²) in [5.74, 6) is 2.07. The highest BCUT2D eigenvalue weighted by molar-refractivity contribution is 5.48. The van der Waals surface area contributed by atoms with Gasteiger partial charge >= 0.3 is 0 Å². The topological polar surface area (TPSA) is 28.2 Å². The van der Waals surface area contributed by atoms with Crippen molar-refractivity contribution < 1.29 is 0 Å². The molecule has 1 aromatic heterocycles. The first kappa shape index (κ1) is 13.3. The van der Waals surface area contributed by atoms with Crippen molar-refractivity contribution in [1.29, 1.82) is 0 Å². The first-order chi connectivity index (χ1) is 8.76. The minimum absolute atomic E-state index is 0.354. The van der Waals surface area contributed by atoms with Crippen LogP contribution in [0, 0.1) is 5.92 Å². The Morgan fingerprint density at radius 1 is 1.50 bits per heavy atom. The number of anilines is 1. The van der Waals surface area contributed by atoms with Gasteiger partial charge in [-0.05, 0) is 45.2 Å². The van der Waals surface area contributed by atoms with Gasteiger partial charge in [0.25, 0.3) is 0 Å². The van der Waals surface area contributed by atoms with E-state index in [1.807, 2.05) is 19.3 Å². The highest BCUT2D eigenvalue weighted by atomic mass is 15.2. The molecule has 3 nitrogen and oxygen atoms in total. The summed E-state index contributed by atoms with van der Waals surface area (Å²) in [5, 5.41) is 3.32. The molecule has 1 atom stereocenters. The van der Waals surface area contributed by atoms with Gasteiger partial charge in [-0.15, -0.1) is 0 Å². The van der Waals surface area contributed by atoms with Crippen LogP contribution in [0.5, 0.6) is 0 Å². The highest BCUT2D eigenvalue weighted by Crippen LogP contribution is 2.32. The lowest BCUT2D eigenvalue weighted by atomic mass is 10.1. The summed E-state index contributed by atoms with van der Waals surface area (Å²) in [4.78, 5) is 7.11. The van der Waals surface area contributed by atoms with Crippen molar-refractivity contribution in [2.75, 3.05) is 25.0 Å². The summed E-state index contributed by atoms with van der Waals surface area (Å²) < 4.78 is 0. The van der Waals surface area contributed by atoms with Crippen molar-refractivity contribution in [3.8, 4) is 0 Å². The molecule has 1 fully saturated rings. The van der Waals surface area contributed by atoms with E-state index in [2.05, 4.69) is 35.1 Å². The quantitative estimate of drug-likeness (QED) is 0.803. The summed E-state index contributed by atoms with van der Waals surface area (Å²) >= 11 is 0. The van der Waals surface area contributed by atoms with Crippen LogP contribution in [-0.2, 0) is 0 Å². The van der Waals surface area contributed by atoms with Crippen molar-refractivity contribution in [2.24, 2.45) is 5.92 Å². The number of pyridine rings is 1. The van der Waals surface area contributed by atoms with Gasteiger partial charge in [-0.1, -0.05) is 13.0 Å². The molecule has 0 amide bonds. The summed E-state index contributed by atoms with van der Waals surface area (Å²) in [5.41, 5.74) is 1.31. The molecule has 0 bridgehead atoms. The van der Waals surface area contributed by atoms with Gasteiger partial charge in [0.15, 0.2) is 0 Å². The van der Waals surface area contributed by atoms with Gasteiger partial charge in [-0.2, -0.15) is 0 Å². The molecule has 1 aliphatic rings. The summed E-state index contributed by atoms with van der Waals surface area (Å²) in [6.45, 7) is 6.72. The van der Waals surface area contributed by atoms with Crippen LogP contribution in [0.3, 0.4) is 0 Å². The molecule has 1 saturated carbocycles. The molecule has 18 heavy (non-hydrogen) atoms. The lowest BCUT2D eigenvalue weighted by molar-refractivity contribution is 0.634. The number of nitrogens with one attached hydrogen (secondary N) is 1. The normalized spacial score (nSPS) is 16.6. The van der Waals surface area contributed by atoms with Crippen molar-refractivity contribution in [3.63, 3.8) is 0 Å². The Balaban J connectivity index is 2.21. The van der Waals surface area contributed by atoms with E-state index < -0.39 is 0 Å².